The Kier molecular flexibility index (Phi) is 6.44. The number of nitrogens with zero attached hydrogens (tertiary/aromatic N) is 4. The lowest BCUT2D eigenvalue weighted by molar-refractivity contribution is 0.348. The number of rotatable bonds is 8. The van der Waals surface area contributed by atoms with Crippen molar-refractivity contribution in [1.29, 1.82) is 0 Å². The molecule has 3 rings (SSSR count). The number of ether oxygens (including phenoxy) is 3. The van der Waals surface area contributed by atoms with Crippen molar-refractivity contribution in [3.05, 3.63) is 52.9 Å². The van der Waals surface area contributed by atoms with Crippen LogP contribution in [-0.2, 0) is 6.42 Å². The Hall–Kier alpha value is -3.13. The third kappa shape index (κ3) is 4.98. The molecule has 0 saturated heterocycles. The molecule has 3 aromatic rings. The fraction of sp³-hybridized carbons (Fsp3) is 0.263. The van der Waals surface area contributed by atoms with Crippen LogP contribution in [0.3, 0.4) is 0 Å². The Morgan fingerprint density at radius 3 is 2.32 bits per heavy atom. The molecule has 0 saturated carbocycles. The Balaban J connectivity index is 1.58. The number of methoxy groups -OCH3 is 2. The molecular formula is C19H20ClN5O3. The van der Waals surface area contributed by atoms with E-state index in [0.29, 0.717) is 34.9 Å². The van der Waals surface area contributed by atoms with Crippen molar-refractivity contribution in [2.24, 2.45) is 0 Å². The van der Waals surface area contributed by atoms with Crippen molar-refractivity contribution >= 4 is 17.4 Å². The summed E-state index contributed by atoms with van der Waals surface area (Å²) in [4.78, 5) is 16.5. The van der Waals surface area contributed by atoms with Crippen LogP contribution in [-0.4, -0.2) is 40.7 Å². The van der Waals surface area contributed by atoms with Gasteiger partial charge in [0, 0.05) is 6.54 Å². The van der Waals surface area contributed by atoms with E-state index in [1.165, 1.54) is 20.5 Å². The monoisotopic (exact) mass is 401 g/mol. The fourth-order valence-electron chi connectivity index (χ4n) is 2.37. The zero-order valence-corrected chi connectivity index (χ0v) is 16.5. The quantitative estimate of drug-likeness (QED) is 0.611. The minimum Gasteiger partial charge on any atom is -0.481 e. The van der Waals surface area contributed by atoms with Crippen LogP contribution < -0.4 is 19.5 Å². The summed E-state index contributed by atoms with van der Waals surface area (Å²) in [5.41, 5.74) is 1.88. The first-order chi connectivity index (χ1) is 13.6. The molecule has 1 N–H and O–H groups in total. The highest BCUT2D eigenvalue weighted by atomic mass is 35.5. The van der Waals surface area contributed by atoms with Crippen LogP contribution in [0.1, 0.15) is 11.3 Å². The molecule has 2 aromatic heterocycles. The van der Waals surface area contributed by atoms with Gasteiger partial charge in [-0.25, -0.2) is 9.97 Å². The van der Waals surface area contributed by atoms with Crippen LogP contribution in [0, 0.1) is 6.92 Å². The lowest BCUT2D eigenvalue weighted by atomic mass is 10.1. The summed E-state index contributed by atoms with van der Waals surface area (Å²) in [5.74, 6) is 1.98. The Labute approximate surface area is 167 Å². The fourth-order valence-corrected chi connectivity index (χ4v) is 2.54. The third-order valence-corrected chi connectivity index (χ3v) is 4.33. The van der Waals surface area contributed by atoms with Gasteiger partial charge in [-0.15, -0.1) is 0 Å². The summed E-state index contributed by atoms with van der Waals surface area (Å²) in [5, 5.41) is 3.76. The molecule has 0 aliphatic carbocycles. The van der Waals surface area contributed by atoms with E-state index in [2.05, 4.69) is 25.3 Å². The van der Waals surface area contributed by atoms with E-state index >= 15 is 0 Å². The van der Waals surface area contributed by atoms with Crippen LogP contribution >= 0.6 is 11.6 Å². The summed E-state index contributed by atoms with van der Waals surface area (Å²) in [6.45, 7) is 2.53. The average Bonchev–Trinajstić information content (AvgIpc) is 2.72. The zero-order valence-electron chi connectivity index (χ0n) is 15.8. The van der Waals surface area contributed by atoms with Crippen molar-refractivity contribution in [3.63, 3.8) is 0 Å². The average molecular weight is 402 g/mol. The smallest absolute Gasteiger partial charge is 0.328 e. The molecule has 0 amide bonds. The predicted octanol–water partition coefficient (Wildman–Crippen LogP) is 3.69. The first-order valence-corrected chi connectivity index (χ1v) is 8.91. The van der Waals surface area contributed by atoms with E-state index in [9.17, 15) is 0 Å². The van der Waals surface area contributed by atoms with Crippen LogP contribution in [0.4, 0.5) is 5.82 Å². The van der Waals surface area contributed by atoms with Crippen molar-refractivity contribution in [2.45, 2.75) is 13.3 Å². The third-order valence-electron chi connectivity index (χ3n) is 3.88. The van der Waals surface area contributed by atoms with Crippen molar-refractivity contribution in [2.75, 3.05) is 26.1 Å². The number of halogens is 1. The molecule has 1 aromatic carbocycles. The Morgan fingerprint density at radius 2 is 1.68 bits per heavy atom. The van der Waals surface area contributed by atoms with E-state index < -0.39 is 0 Å². The van der Waals surface area contributed by atoms with Gasteiger partial charge in [0.15, 0.2) is 0 Å². The van der Waals surface area contributed by atoms with E-state index in [-0.39, 0.29) is 6.01 Å². The number of hydrogen-bond donors (Lipinski definition) is 1. The molecule has 0 spiro atoms. The Bertz CT molecular complexity index is 915. The maximum Gasteiger partial charge on any atom is 0.328 e. The van der Waals surface area contributed by atoms with Gasteiger partial charge in [-0.05, 0) is 31.0 Å². The second-order valence-electron chi connectivity index (χ2n) is 5.78. The zero-order chi connectivity index (χ0) is 19.9. The summed E-state index contributed by atoms with van der Waals surface area (Å²) in [6, 6.07) is 9.38. The molecule has 8 nitrogen and oxygen atoms in total. The lowest BCUT2D eigenvalue weighted by Crippen LogP contribution is -2.07. The van der Waals surface area contributed by atoms with Gasteiger partial charge in [-0.2, -0.15) is 9.97 Å². The number of hydrogen-bond acceptors (Lipinski definition) is 8. The molecule has 0 aliphatic heterocycles. The van der Waals surface area contributed by atoms with E-state index in [1.54, 1.807) is 6.07 Å². The summed E-state index contributed by atoms with van der Waals surface area (Å²) < 4.78 is 15.9. The summed E-state index contributed by atoms with van der Waals surface area (Å²) in [7, 11) is 3.04. The first-order valence-electron chi connectivity index (χ1n) is 8.54. The van der Waals surface area contributed by atoms with Gasteiger partial charge in [-0.3, -0.25) is 0 Å². The normalized spacial score (nSPS) is 10.4. The van der Waals surface area contributed by atoms with E-state index in [1.807, 2.05) is 31.2 Å². The van der Waals surface area contributed by atoms with Gasteiger partial charge in [0.05, 0.1) is 26.0 Å². The second-order valence-corrected chi connectivity index (χ2v) is 6.16. The number of aromatic nitrogens is 4. The Morgan fingerprint density at radius 1 is 1.00 bits per heavy atom. The number of nitrogens with one attached hydrogen (secondary N) is 1. The minimum atomic E-state index is 0.152. The molecule has 0 aliphatic rings. The molecule has 2 heterocycles. The van der Waals surface area contributed by atoms with Crippen molar-refractivity contribution in [3.8, 4) is 23.5 Å². The van der Waals surface area contributed by atoms with Gasteiger partial charge in [-0.1, -0.05) is 23.7 Å². The van der Waals surface area contributed by atoms with Gasteiger partial charge < -0.3 is 19.5 Å². The number of anilines is 1. The maximum atomic E-state index is 6.18. The SMILES string of the molecule is COc1cc(OC)nc(Oc2ccc(CCNc3ncnc(C)c3Cl)cc2)n1. The van der Waals surface area contributed by atoms with E-state index in [0.717, 1.165) is 17.7 Å². The first kappa shape index (κ1) is 19.6. The molecule has 0 bridgehead atoms. The highest BCUT2D eigenvalue weighted by Crippen LogP contribution is 2.24. The van der Waals surface area contributed by atoms with Crippen molar-refractivity contribution < 1.29 is 14.2 Å². The van der Waals surface area contributed by atoms with Gasteiger partial charge in [0.25, 0.3) is 0 Å². The molecule has 9 heteroatoms. The molecular weight excluding hydrogens is 382 g/mol. The lowest BCUT2D eigenvalue weighted by Gasteiger charge is -2.09. The van der Waals surface area contributed by atoms with E-state index in [4.69, 9.17) is 25.8 Å². The topological polar surface area (TPSA) is 91.3 Å². The molecule has 0 fully saturated rings. The van der Waals surface area contributed by atoms with Gasteiger partial charge in [0.2, 0.25) is 11.8 Å². The largest absolute Gasteiger partial charge is 0.481 e. The van der Waals surface area contributed by atoms with Crippen LogP contribution in [0.25, 0.3) is 0 Å². The molecule has 146 valence electrons. The highest BCUT2D eigenvalue weighted by Gasteiger charge is 2.08. The van der Waals surface area contributed by atoms with Crippen molar-refractivity contribution in [1.82, 2.24) is 19.9 Å². The van der Waals surface area contributed by atoms with Gasteiger partial charge >= 0.3 is 6.01 Å². The molecule has 28 heavy (non-hydrogen) atoms. The number of aryl methyl sites for hydroxylation is 1. The number of benzene rings is 1. The standard InChI is InChI=1S/C19H20ClN5O3/c1-12-17(20)18(23-11-22-12)21-9-8-13-4-6-14(7-5-13)28-19-24-15(26-2)10-16(25-19)27-3/h4-7,10-11H,8-9H2,1-3H3,(H,21,22,23). The second kappa shape index (κ2) is 9.18. The van der Waals surface area contributed by atoms with Crippen LogP contribution in [0.15, 0.2) is 36.7 Å². The maximum absolute atomic E-state index is 6.18. The minimum absolute atomic E-state index is 0.152. The molecule has 0 unspecified atom stereocenters. The van der Waals surface area contributed by atoms with Crippen LogP contribution in [0.5, 0.6) is 23.5 Å². The summed E-state index contributed by atoms with van der Waals surface area (Å²) in [6.07, 6.45) is 2.29. The molecule has 0 radical (unpaired) electrons. The van der Waals surface area contributed by atoms with Gasteiger partial charge in [0.1, 0.15) is 22.9 Å². The summed E-state index contributed by atoms with van der Waals surface area (Å²) >= 11 is 6.18. The predicted molar refractivity (Wildman–Crippen MR) is 106 cm³/mol. The van der Waals surface area contributed by atoms with Crippen LogP contribution in [0.2, 0.25) is 5.02 Å². The molecule has 0 atom stereocenters. The highest BCUT2D eigenvalue weighted by molar-refractivity contribution is 6.33.